The Morgan fingerprint density at radius 3 is 2.52 bits per heavy atom. The molecule has 118 valence electrons. The van der Waals surface area contributed by atoms with Gasteiger partial charge in [0.05, 0.1) is 13.2 Å². The first kappa shape index (κ1) is 16.6. The average molecular weight is 312 g/mol. The van der Waals surface area contributed by atoms with Gasteiger partial charge in [-0.25, -0.2) is 0 Å². The van der Waals surface area contributed by atoms with Gasteiger partial charge < -0.3 is 15.6 Å². The van der Waals surface area contributed by atoms with Crippen molar-refractivity contribution in [2.24, 2.45) is 11.7 Å². The van der Waals surface area contributed by atoms with Gasteiger partial charge in [0.15, 0.2) is 0 Å². The molecule has 1 aliphatic rings. The Bertz CT molecular complexity index is 444. The molecule has 0 bridgehead atoms. The topological polar surface area (TPSA) is 55.5 Å². The normalized spacial score (nSPS) is 19.8. The van der Waals surface area contributed by atoms with Crippen LogP contribution in [0.1, 0.15) is 50.0 Å². The van der Waals surface area contributed by atoms with E-state index in [1.165, 1.54) is 25.7 Å². The summed E-state index contributed by atoms with van der Waals surface area (Å²) >= 11 is 6.11. The number of benzene rings is 1. The fraction of sp³-hybridized carbons (Fsp3) is 0.647. The first-order valence-corrected chi connectivity index (χ1v) is 8.26. The molecule has 0 amide bonds. The van der Waals surface area contributed by atoms with Gasteiger partial charge in [-0.05, 0) is 37.0 Å². The van der Waals surface area contributed by atoms with Gasteiger partial charge in [0.1, 0.15) is 5.75 Å². The number of halogens is 1. The maximum atomic E-state index is 10.8. The summed E-state index contributed by atoms with van der Waals surface area (Å²) in [6, 6.07) is 5.52. The van der Waals surface area contributed by atoms with Crippen LogP contribution in [0.15, 0.2) is 18.2 Å². The van der Waals surface area contributed by atoms with E-state index in [0.29, 0.717) is 17.5 Å². The van der Waals surface area contributed by atoms with Crippen molar-refractivity contribution in [1.29, 1.82) is 0 Å². The first-order valence-electron chi connectivity index (χ1n) is 7.89. The van der Waals surface area contributed by atoms with E-state index in [1.807, 2.05) is 12.1 Å². The highest BCUT2D eigenvalue weighted by Gasteiger charge is 2.30. The molecule has 1 aromatic carbocycles. The molecule has 0 radical (unpaired) electrons. The Labute approximate surface area is 132 Å². The molecule has 2 unspecified atom stereocenters. The van der Waals surface area contributed by atoms with Crippen molar-refractivity contribution < 1.29 is 9.84 Å². The van der Waals surface area contributed by atoms with Crippen molar-refractivity contribution in [2.75, 3.05) is 13.7 Å². The van der Waals surface area contributed by atoms with Gasteiger partial charge in [-0.2, -0.15) is 0 Å². The van der Waals surface area contributed by atoms with Crippen molar-refractivity contribution in [3.63, 3.8) is 0 Å². The average Bonchev–Trinajstić information content (AvgIpc) is 2.77. The number of ether oxygens (including phenoxy) is 1. The highest BCUT2D eigenvalue weighted by molar-refractivity contribution is 6.30. The second kappa shape index (κ2) is 8.02. The van der Waals surface area contributed by atoms with E-state index in [1.54, 1.807) is 13.2 Å². The number of methoxy groups -OCH3 is 1. The van der Waals surface area contributed by atoms with E-state index >= 15 is 0 Å². The second-order valence-electron chi connectivity index (χ2n) is 5.97. The first-order chi connectivity index (χ1) is 10.2. The van der Waals surface area contributed by atoms with Crippen LogP contribution < -0.4 is 10.5 Å². The number of hydrogen-bond donors (Lipinski definition) is 2. The van der Waals surface area contributed by atoms with Crippen molar-refractivity contribution in [2.45, 2.75) is 50.5 Å². The number of rotatable bonds is 5. The van der Waals surface area contributed by atoms with E-state index in [0.717, 1.165) is 24.2 Å². The summed E-state index contributed by atoms with van der Waals surface area (Å²) in [6.07, 6.45) is 6.69. The van der Waals surface area contributed by atoms with Crippen molar-refractivity contribution in [3.05, 3.63) is 28.8 Å². The summed E-state index contributed by atoms with van der Waals surface area (Å²) in [5.41, 5.74) is 6.89. The van der Waals surface area contributed by atoms with Gasteiger partial charge >= 0.3 is 0 Å². The van der Waals surface area contributed by atoms with Crippen LogP contribution in [0.4, 0.5) is 0 Å². The second-order valence-corrected chi connectivity index (χ2v) is 6.41. The van der Waals surface area contributed by atoms with Gasteiger partial charge in [-0.15, -0.1) is 0 Å². The fourth-order valence-corrected chi connectivity index (χ4v) is 3.61. The van der Waals surface area contributed by atoms with E-state index in [2.05, 4.69) is 0 Å². The van der Waals surface area contributed by atoms with Gasteiger partial charge in [-0.1, -0.05) is 37.3 Å². The number of aliphatic hydroxyl groups excluding tert-OH is 1. The van der Waals surface area contributed by atoms with Crippen molar-refractivity contribution >= 4 is 11.6 Å². The Balaban J connectivity index is 2.23. The van der Waals surface area contributed by atoms with Crippen molar-refractivity contribution in [1.82, 2.24) is 0 Å². The maximum absolute atomic E-state index is 10.8. The minimum atomic E-state index is -0.430. The molecular formula is C17H26ClNO2. The van der Waals surface area contributed by atoms with E-state index < -0.39 is 6.10 Å². The molecular weight excluding hydrogens is 286 g/mol. The molecule has 1 saturated carbocycles. The van der Waals surface area contributed by atoms with Crippen LogP contribution in [-0.2, 0) is 0 Å². The predicted octanol–water partition coefficient (Wildman–Crippen LogP) is 3.72. The van der Waals surface area contributed by atoms with Gasteiger partial charge in [-0.3, -0.25) is 0 Å². The van der Waals surface area contributed by atoms with Crippen LogP contribution in [0.5, 0.6) is 5.75 Å². The molecule has 4 heteroatoms. The van der Waals surface area contributed by atoms with Gasteiger partial charge in [0.25, 0.3) is 0 Å². The zero-order valence-electron chi connectivity index (χ0n) is 12.7. The summed E-state index contributed by atoms with van der Waals surface area (Å²) in [5.74, 6) is 0.953. The fourth-order valence-electron chi connectivity index (χ4n) is 3.43. The number of nitrogens with two attached hydrogens (primary N) is 1. The third-order valence-electron chi connectivity index (χ3n) is 4.64. The molecule has 1 aromatic rings. The molecule has 0 heterocycles. The van der Waals surface area contributed by atoms with Crippen molar-refractivity contribution in [3.8, 4) is 5.75 Å². The molecule has 2 rings (SSSR count). The maximum Gasteiger partial charge on any atom is 0.122 e. The minimum absolute atomic E-state index is 0.123. The molecule has 3 N–H and O–H groups in total. The SMILES string of the molecule is COc1ccc(Cl)cc1C(CN)C(O)C1CCCCCC1. The van der Waals surface area contributed by atoms with Crippen LogP contribution in [-0.4, -0.2) is 24.9 Å². The lowest BCUT2D eigenvalue weighted by Gasteiger charge is -2.30. The van der Waals surface area contributed by atoms with Crippen LogP contribution >= 0.6 is 11.6 Å². The molecule has 0 aliphatic heterocycles. The smallest absolute Gasteiger partial charge is 0.122 e. The van der Waals surface area contributed by atoms with Gasteiger partial charge in [0.2, 0.25) is 0 Å². The largest absolute Gasteiger partial charge is 0.496 e. The summed E-state index contributed by atoms with van der Waals surface area (Å²) in [7, 11) is 1.64. The molecule has 0 saturated heterocycles. The Morgan fingerprint density at radius 1 is 1.29 bits per heavy atom. The third kappa shape index (κ3) is 4.12. The van der Waals surface area contributed by atoms with Gasteiger partial charge in [0, 0.05) is 23.0 Å². The lowest BCUT2D eigenvalue weighted by atomic mass is 9.82. The summed E-state index contributed by atoms with van der Waals surface area (Å²) in [5, 5.41) is 11.5. The lowest BCUT2D eigenvalue weighted by molar-refractivity contribution is 0.0734. The zero-order valence-corrected chi connectivity index (χ0v) is 13.5. The standard InChI is InChI=1S/C17H26ClNO2/c1-21-16-9-8-13(18)10-14(16)15(11-19)17(20)12-6-4-2-3-5-7-12/h8-10,12,15,17,20H,2-7,11,19H2,1H3. The number of hydrogen-bond acceptors (Lipinski definition) is 3. The molecule has 1 fully saturated rings. The zero-order chi connectivity index (χ0) is 15.2. The molecule has 2 atom stereocenters. The summed E-state index contributed by atoms with van der Waals surface area (Å²) in [6.45, 7) is 0.397. The Kier molecular flexibility index (Phi) is 6.34. The summed E-state index contributed by atoms with van der Waals surface area (Å²) in [4.78, 5) is 0. The summed E-state index contributed by atoms with van der Waals surface area (Å²) < 4.78 is 5.42. The van der Waals surface area contributed by atoms with Crippen LogP contribution in [0.2, 0.25) is 5.02 Å². The molecule has 0 spiro atoms. The lowest BCUT2D eigenvalue weighted by Crippen LogP contribution is -2.32. The predicted molar refractivity (Wildman–Crippen MR) is 87.0 cm³/mol. The van der Waals surface area contributed by atoms with Crippen LogP contribution in [0.3, 0.4) is 0 Å². The molecule has 3 nitrogen and oxygen atoms in total. The quantitative estimate of drug-likeness (QED) is 0.815. The molecule has 1 aliphatic carbocycles. The highest BCUT2D eigenvalue weighted by atomic mass is 35.5. The highest BCUT2D eigenvalue weighted by Crippen LogP contribution is 2.36. The van der Waals surface area contributed by atoms with E-state index in [-0.39, 0.29) is 5.92 Å². The monoisotopic (exact) mass is 311 g/mol. The molecule has 0 aromatic heterocycles. The Hall–Kier alpha value is -0.770. The van der Waals surface area contributed by atoms with E-state index in [9.17, 15) is 5.11 Å². The number of aliphatic hydroxyl groups is 1. The third-order valence-corrected chi connectivity index (χ3v) is 4.88. The van der Waals surface area contributed by atoms with Crippen LogP contribution in [0, 0.1) is 5.92 Å². The Morgan fingerprint density at radius 2 is 1.95 bits per heavy atom. The minimum Gasteiger partial charge on any atom is -0.496 e. The van der Waals surface area contributed by atoms with E-state index in [4.69, 9.17) is 22.1 Å². The van der Waals surface area contributed by atoms with Crippen LogP contribution in [0.25, 0.3) is 0 Å². The molecule has 21 heavy (non-hydrogen) atoms.